The van der Waals surface area contributed by atoms with Gasteiger partial charge in [-0.25, -0.2) is 4.98 Å². The molecule has 0 saturated carbocycles. The number of fused-ring (bicyclic) bond motifs is 1. The topological polar surface area (TPSA) is 113 Å². The number of nitrogens with zero attached hydrogens (tertiary/aromatic N) is 1. The molecule has 3 amide bonds. The van der Waals surface area contributed by atoms with Gasteiger partial charge in [0.25, 0.3) is 11.8 Å². The highest BCUT2D eigenvalue weighted by Gasteiger charge is 2.17. The van der Waals surface area contributed by atoms with Crippen molar-refractivity contribution in [2.75, 3.05) is 10.6 Å². The largest absolute Gasteiger partial charge is 0.436 e. The van der Waals surface area contributed by atoms with Crippen LogP contribution in [0.4, 0.5) is 11.4 Å². The maximum absolute atomic E-state index is 13.4. The van der Waals surface area contributed by atoms with E-state index in [4.69, 9.17) is 4.42 Å². The van der Waals surface area contributed by atoms with Gasteiger partial charge in [-0.2, -0.15) is 0 Å². The van der Waals surface area contributed by atoms with Crippen molar-refractivity contribution in [1.82, 2.24) is 10.3 Å². The summed E-state index contributed by atoms with van der Waals surface area (Å²) in [7, 11) is 0. The monoisotopic (exact) mass is 652 g/mol. The van der Waals surface area contributed by atoms with Crippen molar-refractivity contribution in [2.24, 2.45) is 0 Å². The van der Waals surface area contributed by atoms with Crippen LogP contribution in [0.2, 0.25) is 0 Å². The van der Waals surface area contributed by atoms with Gasteiger partial charge >= 0.3 is 0 Å². The molecular formula is C39H32N4O4S. The maximum Gasteiger partial charge on any atom is 0.272 e. The lowest BCUT2D eigenvalue weighted by Crippen LogP contribution is -2.30. The Morgan fingerprint density at radius 2 is 1.40 bits per heavy atom. The molecule has 3 N–H and O–H groups in total. The molecule has 6 rings (SSSR count). The van der Waals surface area contributed by atoms with Gasteiger partial charge in [-0.3, -0.25) is 14.4 Å². The minimum Gasteiger partial charge on any atom is -0.436 e. The van der Waals surface area contributed by atoms with Crippen molar-refractivity contribution in [1.29, 1.82) is 0 Å². The number of hydrogen-bond donors (Lipinski definition) is 3. The summed E-state index contributed by atoms with van der Waals surface area (Å²) >= 11 is 1.40. The fourth-order valence-corrected chi connectivity index (χ4v) is 5.65. The smallest absolute Gasteiger partial charge is 0.272 e. The number of nitrogens with one attached hydrogen (secondary N) is 3. The SMILES string of the molecule is Cc1ccc(/C=C(\NC(=O)c2ccccc2)C(=O)Nc2ccc(SC(C)C(=O)Nc3ccc(-c4nc5ccccc5o4)cc3)cc2)cc1. The molecule has 0 aliphatic rings. The Bertz CT molecular complexity index is 2060. The number of para-hydroxylation sites is 2. The number of anilines is 2. The van der Waals surface area contributed by atoms with E-state index in [1.165, 1.54) is 11.8 Å². The molecule has 0 aliphatic heterocycles. The van der Waals surface area contributed by atoms with Crippen molar-refractivity contribution < 1.29 is 18.8 Å². The highest BCUT2D eigenvalue weighted by atomic mass is 32.2. The van der Waals surface area contributed by atoms with E-state index in [1.807, 2.05) is 105 Å². The van der Waals surface area contributed by atoms with E-state index in [9.17, 15) is 14.4 Å². The molecule has 0 aliphatic carbocycles. The van der Waals surface area contributed by atoms with Gasteiger partial charge < -0.3 is 20.4 Å². The first kappa shape index (κ1) is 32.0. The zero-order valence-corrected chi connectivity index (χ0v) is 27.1. The normalized spacial score (nSPS) is 11.9. The van der Waals surface area contributed by atoms with Gasteiger partial charge in [-0.05, 0) is 98.3 Å². The molecule has 48 heavy (non-hydrogen) atoms. The minimum atomic E-state index is -0.463. The molecule has 5 aromatic carbocycles. The molecule has 0 fully saturated rings. The van der Waals surface area contributed by atoms with E-state index >= 15 is 0 Å². The van der Waals surface area contributed by atoms with Crippen LogP contribution in [0.1, 0.15) is 28.4 Å². The molecule has 8 nitrogen and oxygen atoms in total. The van der Waals surface area contributed by atoms with Gasteiger partial charge in [-0.15, -0.1) is 11.8 Å². The fourth-order valence-electron chi connectivity index (χ4n) is 4.78. The minimum absolute atomic E-state index is 0.110. The molecule has 0 saturated heterocycles. The van der Waals surface area contributed by atoms with Gasteiger partial charge in [0.2, 0.25) is 11.8 Å². The van der Waals surface area contributed by atoms with Crippen LogP contribution in [0, 0.1) is 6.92 Å². The Morgan fingerprint density at radius 1 is 0.750 bits per heavy atom. The van der Waals surface area contributed by atoms with Gasteiger partial charge in [0.05, 0.1) is 5.25 Å². The Balaban J connectivity index is 1.06. The van der Waals surface area contributed by atoms with E-state index in [1.54, 1.807) is 42.5 Å². The summed E-state index contributed by atoms with van der Waals surface area (Å²) in [4.78, 5) is 44.6. The molecule has 1 unspecified atom stereocenters. The second-order valence-corrected chi connectivity index (χ2v) is 12.5. The van der Waals surface area contributed by atoms with Crippen LogP contribution < -0.4 is 16.0 Å². The number of carbonyl (C=O) groups excluding carboxylic acids is 3. The number of benzene rings is 5. The Morgan fingerprint density at radius 3 is 2.10 bits per heavy atom. The summed E-state index contributed by atoms with van der Waals surface area (Å²) in [5, 5.41) is 8.19. The molecule has 238 valence electrons. The van der Waals surface area contributed by atoms with Crippen LogP contribution in [0.3, 0.4) is 0 Å². The number of hydrogen-bond acceptors (Lipinski definition) is 6. The van der Waals surface area contributed by atoms with Crippen molar-refractivity contribution in [3.05, 3.63) is 150 Å². The molecule has 0 spiro atoms. The van der Waals surface area contributed by atoms with Crippen molar-refractivity contribution in [2.45, 2.75) is 24.0 Å². The number of aryl methyl sites for hydroxylation is 1. The van der Waals surface area contributed by atoms with Crippen molar-refractivity contribution >= 4 is 58.0 Å². The molecule has 1 heterocycles. The average Bonchev–Trinajstić information content (AvgIpc) is 3.55. The standard InChI is InChI=1S/C39H32N4O4S/c1-25-12-14-27(15-13-25)24-34(42-37(45)28-8-4-3-5-9-28)38(46)41-31-20-22-32(23-21-31)48-26(2)36(44)40-30-18-16-29(17-19-30)39-43-33-10-6-7-11-35(33)47-39/h3-24,26H,1-2H3,(H,40,44)(H,41,46)(H,42,45)/b34-24-. The van der Waals surface area contributed by atoms with Crippen LogP contribution in [-0.2, 0) is 9.59 Å². The third-order valence-electron chi connectivity index (χ3n) is 7.40. The number of aromatic nitrogens is 1. The van der Waals surface area contributed by atoms with Crippen molar-refractivity contribution in [3.63, 3.8) is 0 Å². The zero-order chi connectivity index (χ0) is 33.5. The van der Waals surface area contributed by atoms with Gasteiger partial charge in [0.1, 0.15) is 11.2 Å². The summed E-state index contributed by atoms with van der Waals surface area (Å²) in [6.07, 6.45) is 1.64. The molecule has 1 aromatic heterocycles. The lowest BCUT2D eigenvalue weighted by atomic mass is 10.1. The molecule has 6 aromatic rings. The maximum atomic E-state index is 13.4. The van der Waals surface area contributed by atoms with Crippen LogP contribution in [0.25, 0.3) is 28.6 Å². The first-order valence-corrected chi connectivity index (χ1v) is 16.2. The number of carbonyl (C=O) groups is 3. The van der Waals surface area contributed by atoms with Crippen LogP contribution in [0.5, 0.6) is 0 Å². The van der Waals surface area contributed by atoms with Gasteiger partial charge in [0.15, 0.2) is 5.58 Å². The summed E-state index contributed by atoms with van der Waals surface area (Å²) in [5.41, 5.74) is 5.95. The van der Waals surface area contributed by atoms with E-state index in [0.717, 1.165) is 32.7 Å². The van der Waals surface area contributed by atoms with Crippen LogP contribution >= 0.6 is 11.8 Å². The van der Waals surface area contributed by atoms with Gasteiger partial charge in [-0.1, -0.05) is 60.2 Å². The summed E-state index contributed by atoms with van der Waals surface area (Å²) in [6.45, 7) is 3.81. The molecule has 1 atom stereocenters. The quantitative estimate of drug-likeness (QED) is 0.101. The number of thioether (sulfide) groups is 1. The van der Waals surface area contributed by atoms with Crippen LogP contribution in [-0.4, -0.2) is 28.0 Å². The van der Waals surface area contributed by atoms with Gasteiger partial charge in [0, 0.05) is 27.4 Å². The third kappa shape index (κ3) is 8.07. The predicted octanol–water partition coefficient (Wildman–Crippen LogP) is 8.33. The Labute approximate surface area is 282 Å². The fraction of sp³-hybridized carbons (Fsp3) is 0.0769. The van der Waals surface area contributed by atoms with E-state index in [2.05, 4.69) is 20.9 Å². The first-order chi connectivity index (χ1) is 23.3. The highest BCUT2D eigenvalue weighted by Crippen LogP contribution is 2.28. The second kappa shape index (κ2) is 14.7. The summed E-state index contributed by atoms with van der Waals surface area (Å²) < 4.78 is 5.84. The first-order valence-electron chi connectivity index (χ1n) is 15.3. The molecular weight excluding hydrogens is 621 g/mol. The number of amides is 3. The Kier molecular flexibility index (Phi) is 9.78. The summed E-state index contributed by atoms with van der Waals surface area (Å²) in [6, 6.07) is 38.5. The van der Waals surface area contributed by atoms with E-state index in [-0.39, 0.29) is 22.8 Å². The Hall–Kier alpha value is -5.93. The second-order valence-electron chi connectivity index (χ2n) is 11.1. The third-order valence-corrected chi connectivity index (χ3v) is 8.52. The molecule has 9 heteroatoms. The average molecular weight is 653 g/mol. The molecule has 0 bridgehead atoms. The van der Waals surface area contributed by atoms with Crippen molar-refractivity contribution in [3.8, 4) is 11.5 Å². The van der Waals surface area contributed by atoms with E-state index in [0.29, 0.717) is 22.8 Å². The van der Waals surface area contributed by atoms with Crippen LogP contribution in [0.15, 0.2) is 142 Å². The zero-order valence-electron chi connectivity index (χ0n) is 26.3. The highest BCUT2D eigenvalue weighted by molar-refractivity contribution is 8.00. The lowest BCUT2D eigenvalue weighted by molar-refractivity contribution is -0.115. The predicted molar refractivity (Wildman–Crippen MR) is 192 cm³/mol. The van der Waals surface area contributed by atoms with E-state index < -0.39 is 5.91 Å². The number of rotatable bonds is 10. The molecule has 0 radical (unpaired) electrons. The summed E-state index contributed by atoms with van der Waals surface area (Å²) in [5.74, 6) is -0.475. The number of oxazole rings is 1. The lowest BCUT2D eigenvalue weighted by Gasteiger charge is -2.14.